The van der Waals surface area contributed by atoms with Crippen LogP contribution in [0.5, 0.6) is 0 Å². The van der Waals surface area contributed by atoms with E-state index in [2.05, 4.69) is 13.8 Å². The molecule has 0 heterocycles. The van der Waals surface area contributed by atoms with Crippen molar-refractivity contribution in [3.05, 3.63) is 0 Å². The number of rotatable bonds is 3. The highest BCUT2D eigenvalue weighted by atomic mass is 16.3. The van der Waals surface area contributed by atoms with Gasteiger partial charge in [-0.3, -0.25) is 0 Å². The number of aliphatic hydroxyl groups is 1. The van der Waals surface area contributed by atoms with Crippen molar-refractivity contribution in [2.24, 2.45) is 17.8 Å². The lowest BCUT2D eigenvalue weighted by Gasteiger charge is -2.24. The lowest BCUT2D eigenvalue weighted by atomic mass is 9.83. The van der Waals surface area contributed by atoms with Gasteiger partial charge in [-0.05, 0) is 17.8 Å². The van der Waals surface area contributed by atoms with Crippen molar-refractivity contribution >= 4 is 0 Å². The van der Waals surface area contributed by atoms with E-state index in [0.717, 1.165) is 5.92 Å². The van der Waals surface area contributed by atoms with Crippen LogP contribution in [-0.4, -0.2) is 11.7 Å². The Balaban J connectivity index is 2.40. The van der Waals surface area contributed by atoms with Gasteiger partial charge in [0.1, 0.15) is 0 Å². The summed E-state index contributed by atoms with van der Waals surface area (Å²) in [5.41, 5.74) is 0. The minimum absolute atomic E-state index is 0.391. The smallest absolute Gasteiger partial charge is 0.0464 e. The van der Waals surface area contributed by atoms with Gasteiger partial charge < -0.3 is 5.11 Å². The molecule has 0 bridgehead atoms. The predicted molar refractivity (Wildman–Crippen MR) is 47.4 cm³/mol. The predicted octanol–water partition coefficient (Wildman–Crippen LogP) is 2.44. The van der Waals surface area contributed by atoms with E-state index in [1.807, 2.05) is 0 Å². The first-order valence-corrected chi connectivity index (χ1v) is 4.86. The molecule has 0 aromatic heterocycles. The van der Waals surface area contributed by atoms with Crippen LogP contribution in [0.3, 0.4) is 0 Å². The van der Waals surface area contributed by atoms with Crippen LogP contribution in [0.1, 0.15) is 39.5 Å². The lowest BCUT2D eigenvalue weighted by Crippen LogP contribution is -2.21. The van der Waals surface area contributed by atoms with Crippen LogP contribution >= 0.6 is 0 Å². The highest BCUT2D eigenvalue weighted by Gasteiger charge is 2.26. The van der Waals surface area contributed by atoms with E-state index in [0.29, 0.717) is 18.4 Å². The molecule has 1 aliphatic rings. The van der Waals surface area contributed by atoms with Crippen molar-refractivity contribution in [3.63, 3.8) is 0 Å². The van der Waals surface area contributed by atoms with Crippen LogP contribution in [-0.2, 0) is 0 Å². The van der Waals surface area contributed by atoms with Crippen molar-refractivity contribution in [3.8, 4) is 0 Å². The molecule has 66 valence electrons. The lowest BCUT2D eigenvalue weighted by molar-refractivity contribution is 0.136. The van der Waals surface area contributed by atoms with E-state index in [9.17, 15) is 0 Å². The van der Waals surface area contributed by atoms with Gasteiger partial charge in [-0.15, -0.1) is 0 Å². The molecule has 0 spiro atoms. The monoisotopic (exact) mass is 156 g/mol. The summed E-state index contributed by atoms with van der Waals surface area (Å²) in [6.45, 7) is 4.83. The molecular formula is C10H20O. The van der Waals surface area contributed by atoms with Crippen molar-refractivity contribution in [1.29, 1.82) is 0 Å². The van der Waals surface area contributed by atoms with Gasteiger partial charge in [0.2, 0.25) is 0 Å². The fourth-order valence-electron chi connectivity index (χ4n) is 2.29. The van der Waals surface area contributed by atoms with Crippen molar-refractivity contribution in [1.82, 2.24) is 0 Å². The molecule has 0 aromatic rings. The molecule has 1 saturated carbocycles. The number of aliphatic hydroxyl groups excluding tert-OH is 1. The van der Waals surface area contributed by atoms with Gasteiger partial charge in [-0.1, -0.05) is 39.5 Å². The van der Waals surface area contributed by atoms with Crippen LogP contribution < -0.4 is 0 Å². The van der Waals surface area contributed by atoms with E-state index < -0.39 is 0 Å². The largest absolute Gasteiger partial charge is 0.396 e. The zero-order valence-corrected chi connectivity index (χ0v) is 7.71. The Kier molecular flexibility index (Phi) is 3.38. The molecule has 0 amide bonds. The first-order valence-electron chi connectivity index (χ1n) is 4.86. The summed E-state index contributed by atoms with van der Waals surface area (Å²) in [4.78, 5) is 0. The molecule has 1 atom stereocenters. The van der Waals surface area contributed by atoms with Gasteiger partial charge in [0.15, 0.2) is 0 Å². The maximum absolute atomic E-state index is 9.16. The molecule has 0 aromatic carbocycles. The molecule has 1 heteroatoms. The summed E-state index contributed by atoms with van der Waals surface area (Å²) in [5.74, 6) is 2.04. The molecule has 1 fully saturated rings. The van der Waals surface area contributed by atoms with Gasteiger partial charge in [-0.25, -0.2) is 0 Å². The van der Waals surface area contributed by atoms with Crippen LogP contribution in [0.25, 0.3) is 0 Å². The Morgan fingerprint density at radius 1 is 1.27 bits per heavy atom. The fraction of sp³-hybridized carbons (Fsp3) is 1.00. The normalized spacial score (nSPS) is 22.9. The van der Waals surface area contributed by atoms with E-state index in [1.165, 1.54) is 25.7 Å². The minimum Gasteiger partial charge on any atom is -0.396 e. The SMILES string of the molecule is CC(C)[C@@H](CO)C1CCCC1. The molecule has 1 rings (SSSR count). The zero-order valence-electron chi connectivity index (χ0n) is 7.71. The molecule has 1 nitrogen and oxygen atoms in total. The summed E-state index contributed by atoms with van der Waals surface area (Å²) in [6.07, 6.45) is 5.47. The molecular weight excluding hydrogens is 136 g/mol. The molecule has 0 unspecified atom stereocenters. The molecule has 11 heavy (non-hydrogen) atoms. The fourth-order valence-corrected chi connectivity index (χ4v) is 2.29. The summed E-state index contributed by atoms with van der Waals surface area (Å²) in [7, 11) is 0. The molecule has 0 aliphatic heterocycles. The minimum atomic E-state index is 0.391. The third-order valence-electron chi connectivity index (χ3n) is 3.07. The van der Waals surface area contributed by atoms with Crippen LogP contribution in [0.15, 0.2) is 0 Å². The molecule has 1 aliphatic carbocycles. The van der Waals surface area contributed by atoms with Crippen LogP contribution in [0.4, 0.5) is 0 Å². The summed E-state index contributed by atoms with van der Waals surface area (Å²) in [6, 6.07) is 0. The van der Waals surface area contributed by atoms with E-state index in [1.54, 1.807) is 0 Å². The molecule has 0 saturated heterocycles. The third-order valence-corrected chi connectivity index (χ3v) is 3.07. The number of hydrogen-bond acceptors (Lipinski definition) is 1. The molecule has 1 N–H and O–H groups in total. The first kappa shape index (κ1) is 9.05. The third kappa shape index (κ3) is 2.19. The Labute approximate surface area is 69.8 Å². The summed E-state index contributed by atoms with van der Waals surface area (Å²) in [5, 5.41) is 9.16. The van der Waals surface area contributed by atoms with Gasteiger partial charge >= 0.3 is 0 Å². The van der Waals surface area contributed by atoms with E-state index in [-0.39, 0.29) is 0 Å². The van der Waals surface area contributed by atoms with Crippen molar-refractivity contribution in [2.45, 2.75) is 39.5 Å². The van der Waals surface area contributed by atoms with Gasteiger partial charge in [0, 0.05) is 6.61 Å². The molecule has 0 radical (unpaired) electrons. The maximum Gasteiger partial charge on any atom is 0.0464 e. The van der Waals surface area contributed by atoms with Crippen LogP contribution in [0.2, 0.25) is 0 Å². The topological polar surface area (TPSA) is 20.2 Å². The second-order valence-electron chi connectivity index (χ2n) is 4.13. The average Bonchev–Trinajstić information content (AvgIpc) is 2.40. The van der Waals surface area contributed by atoms with E-state index >= 15 is 0 Å². The quantitative estimate of drug-likeness (QED) is 0.665. The average molecular weight is 156 g/mol. The Hall–Kier alpha value is -0.0400. The second kappa shape index (κ2) is 4.10. The van der Waals surface area contributed by atoms with Crippen molar-refractivity contribution in [2.75, 3.05) is 6.61 Å². The van der Waals surface area contributed by atoms with Crippen molar-refractivity contribution < 1.29 is 5.11 Å². The Bertz CT molecular complexity index is 103. The Morgan fingerprint density at radius 3 is 2.18 bits per heavy atom. The second-order valence-corrected chi connectivity index (χ2v) is 4.13. The van der Waals surface area contributed by atoms with Gasteiger partial charge in [-0.2, -0.15) is 0 Å². The van der Waals surface area contributed by atoms with Gasteiger partial charge in [0.05, 0.1) is 0 Å². The Morgan fingerprint density at radius 2 is 1.82 bits per heavy atom. The highest BCUT2D eigenvalue weighted by molar-refractivity contribution is 4.76. The zero-order chi connectivity index (χ0) is 8.27. The van der Waals surface area contributed by atoms with Crippen LogP contribution in [0, 0.1) is 17.8 Å². The number of hydrogen-bond donors (Lipinski definition) is 1. The summed E-state index contributed by atoms with van der Waals surface area (Å²) >= 11 is 0. The standard InChI is InChI=1S/C10H20O/c1-8(2)10(7-11)9-5-3-4-6-9/h8-11H,3-7H2,1-2H3/t10-/m1/s1. The van der Waals surface area contributed by atoms with E-state index in [4.69, 9.17) is 5.11 Å². The first-order chi connectivity index (χ1) is 5.25. The maximum atomic E-state index is 9.16. The van der Waals surface area contributed by atoms with Gasteiger partial charge in [0.25, 0.3) is 0 Å². The highest BCUT2D eigenvalue weighted by Crippen LogP contribution is 2.34. The summed E-state index contributed by atoms with van der Waals surface area (Å²) < 4.78 is 0.